The topological polar surface area (TPSA) is 56.8 Å². The van der Waals surface area contributed by atoms with E-state index in [9.17, 15) is 4.79 Å². The smallest absolute Gasteiger partial charge is 0.265 e. The third-order valence-corrected chi connectivity index (χ3v) is 4.30. The Balaban J connectivity index is 2.15. The maximum absolute atomic E-state index is 12.7. The van der Waals surface area contributed by atoms with Gasteiger partial charge in [0.2, 0.25) is 0 Å². The normalized spacial score (nSPS) is 11.6. The number of anilines is 1. The number of rotatable bonds is 8. The summed E-state index contributed by atoms with van der Waals surface area (Å²) in [5, 5.41) is 3.23. The third kappa shape index (κ3) is 4.82. The van der Waals surface area contributed by atoms with Crippen LogP contribution < -0.4 is 19.5 Å². The van der Waals surface area contributed by atoms with Gasteiger partial charge in [-0.2, -0.15) is 0 Å². The van der Waals surface area contributed by atoms with Crippen LogP contribution >= 0.6 is 11.6 Å². The molecule has 2 rings (SSSR count). The summed E-state index contributed by atoms with van der Waals surface area (Å²) in [6, 6.07) is 11.0. The molecule has 5 nitrogen and oxygen atoms in total. The van der Waals surface area contributed by atoms with Crippen LogP contribution in [0.4, 0.5) is 5.69 Å². The van der Waals surface area contributed by atoms with Crippen LogP contribution in [-0.4, -0.2) is 26.2 Å². The maximum Gasteiger partial charge on any atom is 0.265 e. The van der Waals surface area contributed by atoms with Crippen molar-refractivity contribution in [3.63, 3.8) is 0 Å². The Morgan fingerprint density at radius 1 is 1.08 bits per heavy atom. The van der Waals surface area contributed by atoms with E-state index in [1.165, 1.54) is 19.8 Å². The first kappa shape index (κ1) is 19.9. The van der Waals surface area contributed by atoms with Crippen molar-refractivity contribution in [1.82, 2.24) is 0 Å². The van der Waals surface area contributed by atoms with Crippen molar-refractivity contribution in [3.8, 4) is 17.2 Å². The molecule has 0 bridgehead atoms. The van der Waals surface area contributed by atoms with E-state index in [0.717, 1.165) is 6.42 Å². The SMILES string of the molecule is CCc1ccc(OC(CC)C(=O)Nc2cc(OC)c(Cl)cc2OC)cc1. The zero-order valence-electron chi connectivity index (χ0n) is 15.5. The summed E-state index contributed by atoms with van der Waals surface area (Å²) in [6.07, 6.45) is 0.846. The van der Waals surface area contributed by atoms with Gasteiger partial charge in [-0.05, 0) is 30.5 Å². The number of hydrogen-bond donors (Lipinski definition) is 1. The van der Waals surface area contributed by atoms with Gasteiger partial charge in [0.15, 0.2) is 6.10 Å². The van der Waals surface area contributed by atoms with Gasteiger partial charge in [-0.25, -0.2) is 0 Å². The number of hydrogen-bond acceptors (Lipinski definition) is 4. The molecule has 2 aromatic carbocycles. The fraction of sp³-hybridized carbons (Fsp3) is 0.350. The van der Waals surface area contributed by atoms with Crippen molar-refractivity contribution in [2.24, 2.45) is 0 Å². The van der Waals surface area contributed by atoms with Gasteiger partial charge in [0.05, 0.1) is 24.9 Å². The lowest BCUT2D eigenvalue weighted by Crippen LogP contribution is -2.32. The first-order chi connectivity index (χ1) is 12.5. The van der Waals surface area contributed by atoms with Crippen LogP contribution in [0.2, 0.25) is 5.02 Å². The summed E-state index contributed by atoms with van der Waals surface area (Å²) in [5.74, 6) is 1.29. The molecule has 0 heterocycles. The van der Waals surface area contributed by atoms with E-state index in [-0.39, 0.29) is 5.91 Å². The lowest BCUT2D eigenvalue weighted by molar-refractivity contribution is -0.122. The molecule has 0 aromatic heterocycles. The summed E-state index contributed by atoms with van der Waals surface area (Å²) in [5.41, 5.74) is 1.69. The number of aryl methyl sites for hydroxylation is 1. The molecule has 0 aliphatic carbocycles. The molecule has 0 radical (unpaired) electrons. The number of amides is 1. The standard InChI is InChI=1S/C20H24ClNO4/c1-5-13-7-9-14(10-8-13)26-17(6-2)20(23)22-16-12-18(24-3)15(21)11-19(16)25-4/h7-12,17H,5-6H2,1-4H3,(H,22,23). The van der Waals surface area contributed by atoms with Crippen LogP contribution in [0.1, 0.15) is 25.8 Å². The maximum atomic E-state index is 12.7. The Bertz CT molecular complexity index is 746. The first-order valence-electron chi connectivity index (χ1n) is 8.50. The summed E-state index contributed by atoms with van der Waals surface area (Å²) in [4.78, 5) is 12.7. The molecule has 6 heteroatoms. The molecule has 0 fully saturated rings. The van der Waals surface area contributed by atoms with Crippen LogP contribution in [0.25, 0.3) is 0 Å². The van der Waals surface area contributed by atoms with Gasteiger partial charge in [0.1, 0.15) is 17.2 Å². The van der Waals surface area contributed by atoms with E-state index in [1.807, 2.05) is 31.2 Å². The first-order valence-corrected chi connectivity index (χ1v) is 8.88. The van der Waals surface area contributed by atoms with Crippen molar-refractivity contribution in [3.05, 3.63) is 47.0 Å². The number of methoxy groups -OCH3 is 2. The molecule has 1 atom stereocenters. The molecule has 26 heavy (non-hydrogen) atoms. The van der Waals surface area contributed by atoms with Crippen molar-refractivity contribution in [2.45, 2.75) is 32.8 Å². The summed E-state index contributed by atoms with van der Waals surface area (Å²) < 4.78 is 16.3. The summed E-state index contributed by atoms with van der Waals surface area (Å²) >= 11 is 6.10. The molecule has 1 amide bonds. The van der Waals surface area contributed by atoms with Crippen LogP contribution in [0, 0.1) is 0 Å². The van der Waals surface area contributed by atoms with E-state index in [0.29, 0.717) is 34.4 Å². The number of carbonyl (C=O) groups is 1. The van der Waals surface area contributed by atoms with Gasteiger partial charge >= 0.3 is 0 Å². The minimum atomic E-state index is -0.631. The molecular weight excluding hydrogens is 354 g/mol. The van der Waals surface area contributed by atoms with Crippen molar-refractivity contribution in [2.75, 3.05) is 19.5 Å². The van der Waals surface area contributed by atoms with E-state index >= 15 is 0 Å². The van der Waals surface area contributed by atoms with Gasteiger partial charge in [-0.3, -0.25) is 4.79 Å². The van der Waals surface area contributed by atoms with E-state index in [1.54, 1.807) is 12.1 Å². The fourth-order valence-electron chi connectivity index (χ4n) is 2.46. The fourth-order valence-corrected chi connectivity index (χ4v) is 2.69. The highest BCUT2D eigenvalue weighted by Gasteiger charge is 2.21. The van der Waals surface area contributed by atoms with Gasteiger partial charge in [-0.1, -0.05) is 37.6 Å². The molecule has 0 aliphatic heterocycles. The monoisotopic (exact) mass is 377 g/mol. The predicted molar refractivity (Wildman–Crippen MR) is 104 cm³/mol. The number of benzene rings is 2. The molecule has 2 aromatic rings. The average Bonchev–Trinajstić information content (AvgIpc) is 2.67. The molecule has 0 aliphatic rings. The van der Waals surface area contributed by atoms with Gasteiger partial charge in [0.25, 0.3) is 5.91 Å². The minimum absolute atomic E-state index is 0.269. The van der Waals surface area contributed by atoms with Crippen molar-refractivity contribution >= 4 is 23.2 Å². The van der Waals surface area contributed by atoms with E-state index in [2.05, 4.69) is 12.2 Å². The highest BCUT2D eigenvalue weighted by Crippen LogP contribution is 2.36. The Hall–Kier alpha value is -2.40. The largest absolute Gasteiger partial charge is 0.495 e. The molecular formula is C20H24ClNO4. The molecule has 0 saturated heterocycles. The van der Waals surface area contributed by atoms with Crippen LogP contribution in [0.3, 0.4) is 0 Å². The second-order valence-corrected chi connectivity index (χ2v) is 6.10. The zero-order chi connectivity index (χ0) is 19.1. The average molecular weight is 378 g/mol. The minimum Gasteiger partial charge on any atom is -0.495 e. The molecule has 0 saturated carbocycles. The predicted octanol–water partition coefficient (Wildman–Crippen LogP) is 4.72. The Labute approximate surface area is 159 Å². The van der Waals surface area contributed by atoms with Crippen molar-refractivity contribution < 1.29 is 19.0 Å². The lowest BCUT2D eigenvalue weighted by Gasteiger charge is -2.19. The lowest BCUT2D eigenvalue weighted by atomic mass is 10.1. The molecule has 140 valence electrons. The number of halogens is 1. The highest BCUT2D eigenvalue weighted by atomic mass is 35.5. The van der Waals surface area contributed by atoms with Gasteiger partial charge < -0.3 is 19.5 Å². The third-order valence-electron chi connectivity index (χ3n) is 4.00. The van der Waals surface area contributed by atoms with Crippen LogP contribution in [-0.2, 0) is 11.2 Å². The van der Waals surface area contributed by atoms with Crippen LogP contribution in [0.15, 0.2) is 36.4 Å². The van der Waals surface area contributed by atoms with E-state index < -0.39 is 6.10 Å². The number of carbonyl (C=O) groups excluding carboxylic acids is 1. The Kier molecular flexibility index (Phi) is 7.16. The van der Waals surface area contributed by atoms with Crippen LogP contribution in [0.5, 0.6) is 17.2 Å². The molecule has 0 spiro atoms. The number of ether oxygens (including phenoxy) is 3. The van der Waals surface area contributed by atoms with Gasteiger partial charge in [0, 0.05) is 12.1 Å². The molecule has 1 N–H and O–H groups in total. The second kappa shape index (κ2) is 9.34. The summed E-state index contributed by atoms with van der Waals surface area (Å²) in [6.45, 7) is 3.98. The second-order valence-electron chi connectivity index (χ2n) is 5.69. The Morgan fingerprint density at radius 2 is 1.73 bits per heavy atom. The summed E-state index contributed by atoms with van der Waals surface area (Å²) in [7, 11) is 3.02. The zero-order valence-corrected chi connectivity index (χ0v) is 16.2. The van der Waals surface area contributed by atoms with Gasteiger partial charge in [-0.15, -0.1) is 0 Å². The number of nitrogens with one attached hydrogen (secondary N) is 1. The van der Waals surface area contributed by atoms with E-state index in [4.69, 9.17) is 25.8 Å². The highest BCUT2D eigenvalue weighted by molar-refractivity contribution is 6.32. The Morgan fingerprint density at radius 3 is 2.27 bits per heavy atom. The van der Waals surface area contributed by atoms with Crippen molar-refractivity contribution in [1.29, 1.82) is 0 Å². The molecule has 1 unspecified atom stereocenters. The quantitative estimate of drug-likeness (QED) is 0.723.